The van der Waals surface area contributed by atoms with Gasteiger partial charge in [0.15, 0.2) is 0 Å². The molecule has 1 nitrogen and oxygen atoms in total. The number of halogens is 9. The van der Waals surface area contributed by atoms with Crippen molar-refractivity contribution in [1.29, 1.82) is 0 Å². The summed E-state index contributed by atoms with van der Waals surface area (Å²) in [5.41, 5.74) is -0.385. The van der Waals surface area contributed by atoms with Gasteiger partial charge in [0.25, 0.3) is 0 Å². The zero-order valence-corrected chi connectivity index (χ0v) is 9.72. The van der Waals surface area contributed by atoms with Crippen molar-refractivity contribution in [3.63, 3.8) is 0 Å². The third-order valence-electron chi connectivity index (χ3n) is 1.73. The van der Waals surface area contributed by atoms with Gasteiger partial charge in [-0.15, -0.1) is 0 Å². The van der Waals surface area contributed by atoms with Gasteiger partial charge in [0.2, 0.25) is 0 Å². The molecule has 0 saturated heterocycles. The second-order valence-electron chi connectivity index (χ2n) is 3.42. The lowest BCUT2D eigenvalue weighted by molar-refractivity contribution is -0.191. The normalized spacial score (nSPS) is 14.8. The average Bonchev–Trinajstić information content (AvgIpc) is 1.94. The highest BCUT2D eigenvalue weighted by molar-refractivity contribution is 6.79. The molecule has 0 aromatic heterocycles. The maximum atomic E-state index is 12.3. The molecular formula is C7H7F9OSi. The van der Waals surface area contributed by atoms with Crippen molar-refractivity contribution < 1.29 is 43.9 Å². The predicted molar refractivity (Wildman–Crippen MR) is 44.7 cm³/mol. The molecule has 0 amide bonds. The quantitative estimate of drug-likeness (QED) is 0.437. The highest BCUT2D eigenvalue weighted by Gasteiger charge is 2.90. The Bertz CT molecular complexity index is 276. The minimum Gasteiger partial charge on any atom is -0.392 e. The van der Waals surface area contributed by atoms with Crippen molar-refractivity contribution >= 4 is 8.32 Å². The Morgan fingerprint density at radius 2 is 1.17 bits per heavy atom. The van der Waals surface area contributed by atoms with Gasteiger partial charge in [-0.3, -0.25) is 0 Å². The van der Waals surface area contributed by atoms with Gasteiger partial charge >= 0.3 is 25.7 Å². The van der Waals surface area contributed by atoms with Crippen LogP contribution in [0.1, 0.15) is 6.92 Å². The van der Waals surface area contributed by atoms with Crippen LogP contribution < -0.4 is 0 Å². The summed E-state index contributed by atoms with van der Waals surface area (Å²) in [6, 6.07) is 0. The molecule has 0 rings (SSSR count). The van der Waals surface area contributed by atoms with Gasteiger partial charge in [-0.05, 0) is 6.92 Å². The molecule has 0 fully saturated rings. The summed E-state index contributed by atoms with van der Waals surface area (Å²) in [6.45, 7) is 2.38. The fraction of sp³-hybridized carbons (Fsp3) is 0.714. The third kappa shape index (κ3) is 2.99. The summed E-state index contributed by atoms with van der Waals surface area (Å²) in [5, 5.41) is 0. The molecule has 0 spiro atoms. The van der Waals surface area contributed by atoms with E-state index >= 15 is 0 Å². The lowest BCUT2D eigenvalue weighted by Gasteiger charge is -2.35. The van der Waals surface area contributed by atoms with Crippen molar-refractivity contribution in [3.05, 3.63) is 12.2 Å². The summed E-state index contributed by atoms with van der Waals surface area (Å²) >= 11 is 0. The Hall–Kier alpha value is -0.713. The first kappa shape index (κ1) is 17.3. The monoisotopic (exact) mass is 306 g/mol. The second-order valence-corrected chi connectivity index (χ2v) is 6.77. The number of rotatable bonds is 3. The van der Waals surface area contributed by atoms with Gasteiger partial charge in [-0.2, -0.15) is 39.5 Å². The van der Waals surface area contributed by atoms with Crippen LogP contribution in [0.5, 0.6) is 0 Å². The van der Waals surface area contributed by atoms with E-state index in [2.05, 4.69) is 11.0 Å². The van der Waals surface area contributed by atoms with Gasteiger partial charge in [0, 0.05) is 0 Å². The van der Waals surface area contributed by atoms with Crippen LogP contribution in [0.4, 0.5) is 39.5 Å². The lowest BCUT2D eigenvalue weighted by atomic mass is 10.4. The summed E-state index contributed by atoms with van der Waals surface area (Å²) in [7, 11) is -8.02. The van der Waals surface area contributed by atoms with Crippen molar-refractivity contribution in [2.45, 2.75) is 24.3 Å². The maximum absolute atomic E-state index is 12.3. The van der Waals surface area contributed by atoms with Gasteiger partial charge in [0.1, 0.15) is 0 Å². The summed E-state index contributed by atoms with van der Waals surface area (Å²) in [5.74, 6) is -19.7. The van der Waals surface area contributed by atoms with E-state index in [0.29, 0.717) is 0 Å². The van der Waals surface area contributed by atoms with E-state index in [1.165, 1.54) is 0 Å². The number of hydrogen-bond donors (Lipinski definition) is 0. The van der Waals surface area contributed by atoms with Crippen molar-refractivity contribution in [2.75, 3.05) is 6.61 Å². The topological polar surface area (TPSA) is 9.23 Å². The number of alkyl halides is 9. The van der Waals surface area contributed by atoms with E-state index in [9.17, 15) is 39.5 Å². The van der Waals surface area contributed by atoms with Crippen LogP contribution in [0.15, 0.2) is 12.2 Å². The molecule has 0 aromatic rings. The lowest BCUT2D eigenvalue weighted by Crippen LogP contribution is -2.73. The van der Waals surface area contributed by atoms with Crippen LogP contribution in [-0.4, -0.2) is 32.3 Å². The molecule has 0 heterocycles. The van der Waals surface area contributed by atoms with Gasteiger partial charge < -0.3 is 4.43 Å². The fourth-order valence-corrected chi connectivity index (χ4v) is 2.88. The zero-order valence-electron chi connectivity index (χ0n) is 8.72. The molecule has 0 aliphatic heterocycles. The van der Waals surface area contributed by atoms with E-state index in [1.807, 2.05) is 0 Å². The Morgan fingerprint density at radius 1 is 0.889 bits per heavy atom. The first-order valence-corrected chi connectivity index (χ1v) is 6.06. The molecule has 0 atom stereocenters. The minimum atomic E-state index is -8.02. The highest BCUT2D eigenvalue weighted by atomic mass is 28.4. The smallest absolute Gasteiger partial charge is 0.392 e. The van der Waals surface area contributed by atoms with Crippen molar-refractivity contribution in [2.24, 2.45) is 0 Å². The Kier molecular flexibility index (Phi) is 4.57. The van der Waals surface area contributed by atoms with Crippen LogP contribution in [0.2, 0.25) is 0 Å². The Balaban J connectivity index is 5.83. The van der Waals surface area contributed by atoms with E-state index in [0.717, 1.165) is 6.92 Å². The summed E-state index contributed by atoms with van der Waals surface area (Å²) < 4.78 is 114. The van der Waals surface area contributed by atoms with E-state index in [4.69, 9.17) is 0 Å². The van der Waals surface area contributed by atoms with Crippen molar-refractivity contribution in [3.8, 4) is 0 Å². The van der Waals surface area contributed by atoms with Crippen LogP contribution >= 0.6 is 0 Å². The van der Waals surface area contributed by atoms with Gasteiger partial charge in [-0.1, -0.05) is 12.2 Å². The van der Waals surface area contributed by atoms with Crippen molar-refractivity contribution in [1.82, 2.24) is 0 Å². The summed E-state index contributed by atoms with van der Waals surface area (Å²) in [6.07, 6.45) is 0. The van der Waals surface area contributed by atoms with E-state index in [-0.39, 0.29) is 5.57 Å². The molecular weight excluding hydrogens is 299 g/mol. The van der Waals surface area contributed by atoms with Crippen LogP contribution in [0.25, 0.3) is 0 Å². The fourth-order valence-electron chi connectivity index (χ4n) is 0.959. The highest BCUT2D eigenvalue weighted by Crippen LogP contribution is 2.50. The molecule has 0 unspecified atom stereocenters. The first-order valence-electron chi connectivity index (χ1n) is 4.15. The molecule has 0 radical (unpaired) electrons. The molecule has 0 aromatic carbocycles. The van der Waals surface area contributed by atoms with E-state index in [1.54, 1.807) is 0 Å². The molecule has 11 heteroatoms. The van der Waals surface area contributed by atoms with Crippen LogP contribution in [0, 0.1) is 0 Å². The molecule has 0 aliphatic carbocycles. The SMILES string of the molecule is C=C(C)CO[Si](C(F)(F)F)(C(F)(F)F)C(F)(F)F. The molecule has 108 valence electrons. The summed E-state index contributed by atoms with van der Waals surface area (Å²) in [4.78, 5) is 0. The average molecular weight is 306 g/mol. The molecule has 0 N–H and O–H groups in total. The van der Waals surface area contributed by atoms with E-state index < -0.39 is 32.3 Å². The predicted octanol–water partition coefficient (Wildman–Crippen LogP) is 3.83. The first-order chi connectivity index (χ1) is 7.67. The molecule has 0 bridgehead atoms. The minimum absolute atomic E-state index is 0.385. The van der Waals surface area contributed by atoms with Gasteiger partial charge in [0.05, 0.1) is 6.61 Å². The molecule has 18 heavy (non-hydrogen) atoms. The maximum Gasteiger partial charge on any atom is 0.548 e. The van der Waals surface area contributed by atoms with Gasteiger partial charge in [-0.25, -0.2) is 0 Å². The molecule has 0 saturated carbocycles. The molecule has 0 aliphatic rings. The Labute approximate surface area is 96.3 Å². The van der Waals surface area contributed by atoms with Crippen LogP contribution in [-0.2, 0) is 4.43 Å². The second kappa shape index (κ2) is 4.76. The largest absolute Gasteiger partial charge is 0.548 e. The third-order valence-corrected chi connectivity index (χ3v) is 4.71. The number of hydrogen-bond acceptors (Lipinski definition) is 1. The Morgan fingerprint density at radius 3 is 1.33 bits per heavy atom. The standard InChI is InChI=1S/C7H7F9OSi/c1-4(2)3-17-18(5(8,9)10,6(11,12)13)7(14,15)16/h1,3H2,2H3. The zero-order chi connectivity index (χ0) is 15.0. The van der Waals surface area contributed by atoms with Crippen LogP contribution in [0.3, 0.4) is 0 Å².